The van der Waals surface area contributed by atoms with E-state index in [1.54, 1.807) is 38.5 Å². The second-order valence-electron chi connectivity index (χ2n) is 4.11. The van der Waals surface area contributed by atoms with Gasteiger partial charge in [-0.15, -0.1) is 0 Å². The van der Waals surface area contributed by atoms with E-state index in [-0.39, 0.29) is 5.63 Å². The lowest BCUT2D eigenvalue weighted by Gasteiger charge is -2.10. The van der Waals surface area contributed by atoms with Crippen molar-refractivity contribution in [2.75, 3.05) is 14.2 Å². The van der Waals surface area contributed by atoms with Gasteiger partial charge in [0.25, 0.3) is 0 Å². The smallest absolute Gasteiger partial charge is 0.344 e. The summed E-state index contributed by atoms with van der Waals surface area (Å²) in [6.45, 7) is 0. The summed E-state index contributed by atoms with van der Waals surface area (Å²) in [5.74, 6) is 1.27. The Morgan fingerprint density at radius 1 is 0.895 bits per heavy atom. The summed E-state index contributed by atoms with van der Waals surface area (Å²) in [4.78, 5) is 12.0. The molecule has 0 saturated heterocycles. The van der Waals surface area contributed by atoms with Crippen LogP contribution in [-0.4, -0.2) is 14.2 Å². The molecule has 19 heavy (non-hydrogen) atoms. The maximum Gasteiger partial charge on any atom is 0.344 e. The third-order valence-corrected chi connectivity index (χ3v) is 3.13. The van der Waals surface area contributed by atoms with Gasteiger partial charge in [0.15, 0.2) is 0 Å². The fourth-order valence-electron chi connectivity index (χ4n) is 2.30. The standard InChI is InChI=1S/C15H12O4/c1-17-10-6-3-5-9-13(10)14-11(18-2)7-4-8-12(14)19-15(9)16/h3-8H,1-2H3. The summed E-state index contributed by atoms with van der Waals surface area (Å²) in [6.07, 6.45) is 0. The van der Waals surface area contributed by atoms with E-state index in [0.717, 1.165) is 5.39 Å². The average Bonchev–Trinajstić information content (AvgIpc) is 2.46. The molecule has 3 rings (SSSR count). The molecule has 0 spiro atoms. The highest BCUT2D eigenvalue weighted by atomic mass is 16.5. The van der Waals surface area contributed by atoms with Gasteiger partial charge in [0.2, 0.25) is 0 Å². The van der Waals surface area contributed by atoms with Gasteiger partial charge in [-0.3, -0.25) is 0 Å². The van der Waals surface area contributed by atoms with Crippen molar-refractivity contribution in [1.29, 1.82) is 0 Å². The molecule has 4 nitrogen and oxygen atoms in total. The van der Waals surface area contributed by atoms with Crippen LogP contribution in [0.1, 0.15) is 0 Å². The quantitative estimate of drug-likeness (QED) is 0.522. The lowest BCUT2D eigenvalue weighted by Crippen LogP contribution is -2.01. The van der Waals surface area contributed by atoms with Crippen molar-refractivity contribution in [1.82, 2.24) is 0 Å². The Hall–Kier alpha value is -2.49. The molecule has 1 aromatic heterocycles. The van der Waals surface area contributed by atoms with Crippen LogP contribution in [0.25, 0.3) is 21.7 Å². The number of benzene rings is 2. The van der Waals surface area contributed by atoms with E-state index in [4.69, 9.17) is 13.9 Å². The van der Waals surface area contributed by atoms with Crippen molar-refractivity contribution in [2.24, 2.45) is 0 Å². The van der Waals surface area contributed by atoms with Crippen LogP contribution in [0.3, 0.4) is 0 Å². The maximum absolute atomic E-state index is 12.0. The van der Waals surface area contributed by atoms with Crippen molar-refractivity contribution in [3.05, 3.63) is 46.8 Å². The summed E-state index contributed by atoms with van der Waals surface area (Å²) in [5, 5.41) is 1.95. The number of ether oxygens (including phenoxy) is 2. The van der Waals surface area contributed by atoms with Crippen LogP contribution in [0.15, 0.2) is 45.6 Å². The van der Waals surface area contributed by atoms with Gasteiger partial charge < -0.3 is 13.9 Å². The first-order valence-electron chi connectivity index (χ1n) is 5.83. The molecule has 0 aliphatic heterocycles. The summed E-state index contributed by atoms with van der Waals surface area (Å²) in [7, 11) is 3.16. The highest BCUT2D eigenvalue weighted by Crippen LogP contribution is 2.36. The third kappa shape index (κ3) is 1.64. The van der Waals surface area contributed by atoms with Crippen LogP contribution >= 0.6 is 0 Å². The number of methoxy groups -OCH3 is 2. The Labute approximate surface area is 109 Å². The molecule has 0 N–H and O–H groups in total. The molecule has 2 aromatic carbocycles. The van der Waals surface area contributed by atoms with Crippen LogP contribution in [0.4, 0.5) is 0 Å². The van der Waals surface area contributed by atoms with E-state index in [1.165, 1.54) is 0 Å². The topological polar surface area (TPSA) is 48.7 Å². The largest absolute Gasteiger partial charge is 0.496 e. The van der Waals surface area contributed by atoms with Crippen LogP contribution in [-0.2, 0) is 0 Å². The average molecular weight is 256 g/mol. The summed E-state index contributed by atoms with van der Waals surface area (Å²) in [6, 6.07) is 10.6. The third-order valence-electron chi connectivity index (χ3n) is 3.13. The van der Waals surface area contributed by atoms with Gasteiger partial charge in [0.05, 0.1) is 25.0 Å². The predicted molar refractivity (Wildman–Crippen MR) is 73.1 cm³/mol. The number of rotatable bonds is 2. The molecule has 1 heterocycles. The van der Waals surface area contributed by atoms with E-state index in [9.17, 15) is 4.79 Å². The summed E-state index contributed by atoms with van der Waals surface area (Å²) in [5.41, 5.74) is 0.107. The fourth-order valence-corrected chi connectivity index (χ4v) is 2.30. The molecule has 0 atom stereocenters. The van der Waals surface area contributed by atoms with Crippen molar-refractivity contribution in [2.45, 2.75) is 0 Å². The van der Waals surface area contributed by atoms with Crippen LogP contribution in [0.2, 0.25) is 0 Å². The van der Waals surface area contributed by atoms with Crippen molar-refractivity contribution in [3.63, 3.8) is 0 Å². The van der Waals surface area contributed by atoms with Crippen molar-refractivity contribution >= 4 is 21.7 Å². The zero-order valence-corrected chi connectivity index (χ0v) is 10.6. The summed E-state index contributed by atoms with van der Waals surface area (Å²) < 4.78 is 16.0. The Morgan fingerprint density at radius 2 is 1.53 bits per heavy atom. The highest BCUT2D eigenvalue weighted by molar-refractivity contribution is 6.10. The minimum absolute atomic E-state index is 0.380. The molecule has 0 aliphatic carbocycles. The number of hydrogen-bond acceptors (Lipinski definition) is 4. The minimum Gasteiger partial charge on any atom is -0.496 e. The second-order valence-corrected chi connectivity index (χ2v) is 4.11. The zero-order chi connectivity index (χ0) is 13.4. The minimum atomic E-state index is -0.380. The van der Waals surface area contributed by atoms with Gasteiger partial charge in [0, 0.05) is 5.39 Å². The Kier molecular flexibility index (Phi) is 2.63. The molecule has 96 valence electrons. The lowest BCUT2D eigenvalue weighted by molar-refractivity contribution is 0.415. The van der Waals surface area contributed by atoms with Gasteiger partial charge in [0.1, 0.15) is 17.1 Å². The van der Waals surface area contributed by atoms with E-state index in [1.807, 2.05) is 12.1 Å². The van der Waals surface area contributed by atoms with Crippen LogP contribution < -0.4 is 15.1 Å². The molecule has 0 radical (unpaired) electrons. The van der Waals surface area contributed by atoms with E-state index >= 15 is 0 Å². The second kappa shape index (κ2) is 4.31. The molecule has 0 saturated carbocycles. The fraction of sp³-hybridized carbons (Fsp3) is 0.133. The molecule has 0 amide bonds. The Morgan fingerprint density at radius 3 is 2.21 bits per heavy atom. The summed E-state index contributed by atoms with van der Waals surface area (Å²) >= 11 is 0. The predicted octanol–water partition coefficient (Wildman–Crippen LogP) is 2.96. The first-order chi connectivity index (χ1) is 9.26. The van der Waals surface area contributed by atoms with Gasteiger partial charge in [-0.25, -0.2) is 4.79 Å². The van der Waals surface area contributed by atoms with Gasteiger partial charge >= 0.3 is 5.63 Å². The molecule has 0 bridgehead atoms. The highest BCUT2D eigenvalue weighted by Gasteiger charge is 2.14. The van der Waals surface area contributed by atoms with E-state index in [2.05, 4.69) is 0 Å². The van der Waals surface area contributed by atoms with Crippen LogP contribution in [0, 0.1) is 0 Å². The molecular weight excluding hydrogens is 244 g/mol. The first-order valence-corrected chi connectivity index (χ1v) is 5.83. The van der Waals surface area contributed by atoms with E-state index < -0.39 is 0 Å². The normalized spacial score (nSPS) is 10.8. The Bertz CT molecular complexity index is 817. The molecule has 3 aromatic rings. The van der Waals surface area contributed by atoms with Crippen molar-refractivity contribution in [3.8, 4) is 11.5 Å². The lowest BCUT2D eigenvalue weighted by atomic mass is 10.1. The monoisotopic (exact) mass is 256 g/mol. The molecule has 0 fully saturated rings. The SMILES string of the molecule is COc1cccc2oc(=O)c3cccc(OC)c3c12. The zero-order valence-electron chi connectivity index (χ0n) is 10.6. The molecule has 4 heteroatoms. The maximum atomic E-state index is 12.0. The first kappa shape index (κ1) is 11.6. The van der Waals surface area contributed by atoms with E-state index in [0.29, 0.717) is 27.9 Å². The molecular formula is C15H12O4. The Balaban J connectivity index is 2.66. The van der Waals surface area contributed by atoms with Gasteiger partial charge in [-0.05, 0) is 24.3 Å². The van der Waals surface area contributed by atoms with Gasteiger partial charge in [-0.1, -0.05) is 12.1 Å². The van der Waals surface area contributed by atoms with Crippen molar-refractivity contribution < 1.29 is 13.9 Å². The number of hydrogen-bond donors (Lipinski definition) is 0. The van der Waals surface area contributed by atoms with Gasteiger partial charge in [-0.2, -0.15) is 0 Å². The van der Waals surface area contributed by atoms with Crippen LogP contribution in [0.5, 0.6) is 11.5 Å². The molecule has 0 unspecified atom stereocenters. The molecule has 0 aliphatic rings. The number of fused-ring (bicyclic) bond motifs is 3.